The molecule has 0 amide bonds. The number of fused-ring (bicyclic) bond motifs is 1. The van der Waals surface area contributed by atoms with Crippen LogP contribution in [0.1, 0.15) is 39.2 Å². The van der Waals surface area contributed by atoms with Crippen molar-refractivity contribution in [3.05, 3.63) is 54.2 Å². The van der Waals surface area contributed by atoms with Crippen molar-refractivity contribution in [2.45, 2.75) is 33.6 Å². The van der Waals surface area contributed by atoms with E-state index in [1.54, 1.807) is 0 Å². The summed E-state index contributed by atoms with van der Waals surface area (Å²) < 4.78 is 0. The maximum absolute atomic E-state index is 3.49. The van der Waals surface area contributed by atoms with Gasteiger partial charge in [0.15, 0.2) is 0 Å². The van der Waals surface area contributed by atoms with Crippen molar-refractivity contribution in [3.8, 4) is 11.3 Å². The van der Waals surface area contributed by atoms with Crippen molar-refractivity contribution in [2.75, 3.05) is 18.0 Å². The standard InChI is InChI=1S/C21H26N2/c1-5-23(6-2)17-11-12-19(20(13-17)15(3)4)21-18-10-8-7-9-16(18)14-22-21/h7-15,22H,5-6H2,1-4H3. The summed E-state index contributed by atoms with van der Waals surface area (Å²) in [5.74, 6) is 0.488. The van der Waals surface area contributed by atoms with Gasteiger partial charge in [-0.15, -0.1) is 0 Å². The van der Waals surface area contributed by atoms with Gasteiger partial charge in [-0.05, 0) is 42.8 Å². The highest BCUT2D eigenvalue weighted by molar-refractivity contribution is 5.96. The Hall–Kier alpha value is -2.22. The highest BCUT2D eigenvalue weighted by atomic mass is 15.1. The van der Waals surface area contributed by atoms with E-state index in [1.807, 2.05) is 0 Å². The lowest BCUT2D eigenvalue weighted by atomic mass is 9.93. The smallest absolute Gasteiger partial charge is 0.0536 e. The Morgan fingerprint density at radius 3 is 2.43 bits per heavy atom. The van der Waals surface area contributed by atoms with Gasteiger partial charge in [-0.1, -0.05) is 44.2 Å². The van der Waals surface area contributed by atoms with Crippen LogP contribution in [-0.4, -0.2) is 18.1 Å². The molecule has 120 valence electrons. The van der Waals surface area contributed by atoms with Crippen molar-refractivity contribution in [2.24, 2.45) is 0 Å². The van der Waals surface area contributed by atoms with Crippen LogP contribution in [0.4, 0.5) is 5.69 Å². The molecule has 1 N–H and O–H groups in total. The first kappa shape index (κ1) is 15.7. The lowest BCUT2D eigenvalue weighted by molar-refractivity contribution is 0.846. The molecule has 1 aromatic heterocycles. The normalized spacial score (nSPS) is 11.3. The molecular formula is C21H26N2. The van der Waals surface area contributed by atoms with Gasteiger partial charge >= 0.3 is 0 Å². The van der Waals surface area contributed by atoms with Crippen molar-refractivity contribution in [1.82, 2.24) is 4.98 Å². The van der Waals surface area contributed by atoms with Crippen molar-refractivity contribution in [1.29, 1.82) is 0 Å². The van der Waals surface area contributed by atoms with Gasteiger partial charge in [-0.3, -0.25) is 0 Å². The first-order valence-electron chi connectivity index (χ1n) is 8.61. The number of nitrogens with one attached hydrogen (secondary N) is 1. The number of benzene rings is 2. The van der Waals surface area contributed by atoms with Crippen LogP contribution >= 0.6 is 0 Å². The average Bonchev–Trinajstić information content (AvgIpc) is 3.00. The fourth-order valence-electron chi connectivity index (χ4n) is 3.34. The first-order chi connectivity index (χ1) is 11.2. The van der Waals surface area contributed by atoms with Crippen molar-refractivity contribution < 1.29 is 0 Å². The van der Waals surface area contributed by atoms with Gasteiger partial charge in [-0.2, -0.15) is 0 Å². The third kappa shape index (κ3) is 2.86. The zero-order valence-electron chi connectivity index (χ0n) is 14.6. The van der Waals surface area contributed by atoms with Crippen molar-refractivity contribution in [3.63, 3.8) is 0 Å². The molecule has 3 aromatic rings. The quantitative estimate of drug-likeness (QED) is 0.630. The van der Waals surface area contributed by atoms with Gasteiger partial charge in [-0.25, -0.2) is 0 Å². The van der Waals surface area contributed by atoms with E-state index in [2.05, 4.69) is 86.2 Å². The molecule has 0 aliphatic carbocycles. The topological polar surface area (TPSA) is 19.0 Å². The van der Waals surface area contributed by atoms with E-state index < -0.39 is 0 Å². The highest BCUT2D eigenvalue weighted by Gasteiger charge is 2.14. The van der Waals surface area contributed by atoms with Crippen LogP contribution in [0.3, 0.4) is 0 Å². The molecule has 0 atom stereocenters. The van der Waals surface area contributed by atoms with Gasteiger partial charge in [0.25, 0.3) is 0 Å². The lowest BCUT2D eigenvalue weighted by Crippen LogP contribution is -2.21. The fraction of sp³-hybridized carbons (Fsp3) is 0.333. The molecule has 0 unspecified atom stereocenters. The first-order valence-corrected chi connectivity index (χ1v) is 8.61. The van der Waals surface area contributed by atoms with E-state index in [0.717, 1.165) is 13.1 Å². The summed E-state index contributed by atoms with van der Waals surface area (Å²) >= 11 is 0. The van der Waals surface area contributed by atoms with Crippen LogP contribution in [0.2, 0.25) is 0 Å². The molecule has 0 fully saturated rings. The second kappa shape index (κ2) is 6.49. The minimum absolute atomic E-state index is 0.488. The van der Waals surface area contributed by atoms with Gasteiger partial charge in [0.05, 0.1) is 5.69 Å². The number of rotatable bonds is 5. The maximum atomic E-state index is 3.49. The van der Waals surface area contributed by atoms with Crippen LogP contribution in [0.25, 0.3) is 22.0 Å². The third-order valence-electron chi connectivity index (χ3n) is 4.66. The van der Waals surface area contributed by atoms with E-state index in [4.69, 9.17) is 0 Å². The number of anilines is 1. The molecule has 23 heavy (non-hydrogen) atoms. The minimum atomic E-state index is 0.488. The van der Waals surface area contributed by atoms with E-state index >= 15 is 0 Å². The second-order valence-electron chi connectivity index (χ2n) is 6.35. The van der Waals surface area contributed by atoms with E-state index in [-0.39, 0.29) is 0 Å². The number of nitrogens with zero attached hydrogens (tertiary/aromatic N) is 1. The molecule has 2 heteroatoms. The largest absolute Gasteiger partial charge is 0.372 e. The molecule has 0 saturated heterocycles. The highest BCUT2D eigenvalue weighted by Crippen LogP contribution is 2.35. The molecule has 0 aliphatic heterocycles. The summed E-state index contributed by atoms with van der Waals surface area (Å²) in [6, 6.07) is 15.5. The zero-order valence-corrected chi connectivity index (χ0v) is 14.6. The summed E-state index contributed by atoms with van der Waals surface area (Å²) in [6.45, 7) is 11.1. The van der Waals surface area contributed by atoms with Gasteiger partial charge in [0, 0.05) is 35.9 Å². The minimum Gasteiger partial charge on any atom is -0.372 e. The number of H-pyrrole nitrogens is 1. The molecule has 0 bridgehead atoms. The molecule has 2 aromatic carbocycles. The SMILES string of the molecule is CCN(CC)c1ccc(-c2[nH]cc3ccccc23)c(C(C)C)c1. The second-order valence-corrected chi connectivity index (χ2v) is 6.35. The Bertz CT molecular complexity index is 794. The molecular weight excluding hydrogens is 280 g/mol. The van der Waals surface area contributed by atoms with Gasteiger partial charge in [0.1, 0.15) is 0 Å². The Balaban J connectivity index is 2.15. The number of hydrogen-bond donors (Lipinski definition) is 1. The third-order valence-corrected chi connectivity index (χ3v) is 4.66. The summed E-state index contributed by atoms with van der Waals surface area (Å²) in [5, 5.41) is 2.56. The molecule has 0 saturated carbocycles. The summed E-state index contributed by atoms with van der Waals surface area (Å²) in [7, 11) is 0. The van der Waals surface area contributed by atoms with Crippen LogP contribution in [-0.2, 0) is 0 Å². The monoisotopic (exact) mass is 306 g/mol. The summed E-state index contributed by atoms with van der Waals surface area (Å²) in [5.41, 5.74) is 5.27. The number of hydrogen-bond acceptors (Lipinski definition) is 1. The molecule has 2 nitrogen and oxygen atoms in total. The lowest BCUT2D eigenvalue weighted by Gasteiger charge is -2.23. The molecule has 3 rings (SSSR count). The summed E-state index contributed by atoms with van der Waals surface area (Å²) in [4.78, 5) is 5.89. The Morgan fingerprint density at radius 2 is 1.74 bits per heavy atom. The molecule has 0 aliphatic rings. The van der Waals surface area contributed by atoms with Crippen LogP contribution in [0.15, 0.2) is 48.7 Å². The van der Waals surface area contributed by atoms with Crippen molar-refractivity contribution >= 4 is 16.5 Å². The van der Waals surface area contributed by atoms with Crippen LogP contribution < -0.4 is 4.90 Å². The Labute approximate surface area is 139 Å². The predicted molar refractivity (Wildman–Crippen MR) is 101 cm³/mol. The number of aromatic amines is 1. The molecule has 0 spiro atoms. The molecule has 0 radical (unpaired) electrons. The van der Waals surface area contributed by atoms with E-state index in [0.29, 0.717) is 5.92 Å². The molecule has 1 heterocycles. The van der Waals surface area contributed by atoms with Crippen LogP contribution in [0, 0.1) is 0 Å². The summed E-state index contributed by atoms with van der Waals surface area (Å²) in [6.07, 6.45) is 2.10. The van der Waals surface area contributed by atoms with Gasteiger partial charge < -0.3 is 9.88 Å². The predicted octanol–water partition coefficient (Wildman–Crippen LogP) is 5.80. The van der Waals surface area contributed by atoms with E-state index in [1.165, 1.54) is 33.3 Å². The fourth-order valence-corrected chi connectivity index (χ4v) is 3.34. The Kier molecular flexibility index (Phi) is 4.42. The van der Waals surface area contributed by atoms with Gasteiger partial charge in [0.2, 0.25) is 0 Å². The Morgan fingerprint density at radius 1 is 1.00 bits per heavy atom. The number of aromatic nitrogens is 1. The van der Waals surface area contributed by atoms with Crippen LogP contribution in [0.5, 0.6) is 0 Å². The van der Waals surface area contributed by atoms with E-state index in [9.17, 15) is 0 Å². The maximum Gasteiger partial charge on any atom is 0.0536 e. The average molecular weight is 306 g/mol. The zero-order chi connectivity index (χ0) is 16.4.